The molecular weight excluding hydrogens is 368 g/mol. The number of Topliss-reactive ketones (excluding diaryl/α,β-unsaturated/α-hetero) is 1. The second-order valence-corrected chi connectivity index (χ2v) is 7.08. The van der Waals surface area contributed by atoms with Crippen LogP contribution >= 0.6 is 0 Å². The summed E-state index contributed by atoms with van der Waals surface area (Å²) in [5.41, 5.74) is 3.81. The Morgan fingerprint density at radius 2 is 1.69 bits per heavy atom. The van der Waals surface area contributed by atoms with Gasteiger partial charge in [0.25, 0.3) is 5.56 Å². The molecule has 0 spiro atoms. The highest BCUT2D eigenvalue weighted by Gasteiger charge is 2.11. The van der Waals surface area contributed by atoms with Crippen LogP contribution in [0, 0.1) is 13.8 Å². The number of H-pyrrole nitrogens is 1. The van der Waals surface area contributed by atoms with Crippen molar-refractivity contribution >= 4 is 22.6 Å². The number of methoxy groups -OCH3 is 1. The number of carbonyl (C=O) groups excluding carboxylic acids is 2. The molecule has 6 heteroatoms. The summed E-state index contributed by atoms with van der Waals surface area (Å²) in [7, 11) is 1.56. The van der Waals surface area contributed by atoms with Gasteiger partial charge >= 0.3 is 0 Å². The number of aryl methyl sites for hydroxylation is 2. The van der Waals surface area contributed by atoms with Crippen LogP contribution in [0.2, 0.25) is 0 Å². The average Bonchev–Trinajstić information content (AvgIpc) is 2.72. The highest BCUT2D eigenvalue weighted by atomic mass is 16.5. The predicted molar refractivity (Wildman–Crippen MR) is 112 cm³/mol. The van der Waals surface area contributed by atoms with E-state index in [9.17, 15) is 14.4 Å². The van der Waals surface area contributed by atoms with Crippen molar-refractivity contribution in [3.63, 3.8) is 0 Å². The van der Waals surface area contributed by atoms with Gasteiger partial charge in [-0.2, -0.15) is 0 Å². The summed E-state index contributed by atoms with van der Waals surface area (Å²) in [4.78, 5) is 39.5. The van der Waals surface area contributed by atoms with E-state index < -0.39 is 0 Å². The predicted octanol–water partition coefficient (Wildman–Crippen LogP) is 3.43. The summed E-state index contributed by atoms with van der Waals surface area (Å²) in [6, 6.07) is 12.5. The quantitative estimate of drug-likeness (QED) is 0.603. The molecule has 0 saturated carbocycles. The first-order valence-corrected chi connectivity index (χ1v) is 9.44. The molecule has 0 bridgehead atoms. The van der Waals surface area contributed by atoms with Crippen LogP contribution in [0.4, 0.5) is 0 Å². The first-order valence-electron chi connectivity index (χ1n) is 9.44. The zero-order chi connectivity index (χ0) is 21.0. The smallest absolute Gasteiger partial charge is 0.253 e. The second-order valence-electron chi connectivity index (χ2n) is 7.08. The Balaban J connectivity index is 1.58. The zero-order valence-electron chi connectivity index (χ0n) is 16.8. The molecule has 1 aromatic heterocycles. The minimum Gasteiger partial charge on any atom is -0.497 e. The fourth-order valence-electron chi connectivity index (χ4n) is 3.08. The molecule has 0 radical (unpaired) electrons. The van der Waals surface area contributed by atoms with Crippen molar-refractivity contribution in [2.45, 2.75) is 33.2 Å². The molecule has 0 saturated heterocycles. The summed E-state index contributed by atoms with van der Waals surface area (Å²) >= 11 is 0. The number of carbonyl (C=O) groups is 2. The highest BCUT2D eigenvalue weighted by Crippen LogP contribution is 2.17. The first kappa shape index (κ1) is 20.3. The molecule has 0 aliphatic rings. The van der Waals surface area contributed by atoms with Gasteiger partial charge in [0.1, 0.15) is 5.75 Å². The number of rotatable bonds is 7. The number of ketones is 1. The van der Waals surface area contributed by atoms with E-state index in [2.05, 4.69) is 10.3 Å². The number of fused-ring (bicyclic) bond motifs is 1. The minimum atomic E-state index is -0.272. The summed E-state index contributed by atoms with van der Waals surface area (Å²) < 4.78 is 5.07. The molecule has 2 aromatic carbocycles. The number of nitrogens with one attached hydrogen (secondary N) is 2. The second kappa shape index (κ2) is 8.73. The molecule has 6 nitrogen and oxygen atoms in total. The third-order valence-electron chi connectivity index (χ3n) is 5.00. The first-order chi connectivity index (χ1) is 13.9. The fourth-order valence-corrected chi connectivity index (χ4v) is 3.08. The number of hydrogen-bond donors (Lipinski definition) is 2. The van der Waals surface area contributed by atoms with Gasteiger partial charge in [0.05, 0.1) is 7.11 Å². The lowest BCUT2D eigenvalue weighted by Gasteiger charge is -2.08. The number of aromatic amines is 1. The Bertz CT molecular complexity index is 1110. The number of hydrogen-bond acceptors (Lipinski definition) is 4. The highest BCUT2D eigenvalue weighted by molar-refractivity contribution is 5.98. The third-order valence-corrected chi connectivity index (χ3v) is 5.00. The zero-order valence-corrected chi connectivity index (χ0v) is 16.8. The van der Waals surface area contributed by atoms with Crippen molar-refractivity contribution in [3.8, 4) is 5.75 Å². The van der Waals surface area contributed by atoms with Crippen LogP contribution in [0.15, 0.2) is 47.3 Å². The van der Waals surface area contributed by atoms with Gasteiger partial charge in [0, 0.05) is 36.0 Å². The van der Waals surface area contributed by atoms with Crippen LogP contribution in [0.25, 0.3) is 10.9 Å². The van der Waals surface area contributed by atoms with Gasteiger partial charge in [-0.25, -0.2) is 0 Å². The Labute approximate surface area is 168 Å². The van der Waals surface area contributed by atoms with Crippen molar-refractivity contribution in [3.05, 3.63) is 75.1 Å². The standard InChI is InChI=1S/C23H24N2O4/c1-14-10-17-12-18(23(28)25-20(17)11-15(14)2)13-24-22(27)9-8-21(26)16-4-6-19(29-3)7-5-16/h4-7,10-12H,8-9,13H2,1-3H3,(H,24,27)(H,25,28). The number of amides is 1. The Morgan fingerprint density at radius 3 is 2.38 bits per heavy atom. The van der Waals surface area contributed by atoms with Gasteiger partial charge in [-0.1, -0.05) is 0 Å². The van der Waals surface area contributed by atoms with Crippen LogP contribution in [-0.2, 0) is 11.3 Å². The van der Waals surface area contributed by atoms with Crippen LogP contribution in [0.1, 0.15) is 39.9 Å². The number of ether oxygens (including phenoxy) is 1. The normalized spacial score (nSPS) is 10.7. The molecule has 3 rings (SSSR count). The lowest BCUT2D eigenvalue weighted by atomic mass is 10.0. The van der Waals surface area contributed by atoms with Crippen molar-refractivity contribution < 1.29 is 14.3 Å². The van der Waals surface area contributed by atoms with E-state index in [1.54, 1.807) is 37.4 Å². The minimum absolute atomic E-state index is 0.0641. The van der Waals surface area contributed by atoms with Crippen molar-refractivity contribution in [1.82, 2.24) is 10.3 Å². The monoisotopic (exact) mass is 392 g/mol. The lowest BCUT2D eigenvalue weighted by Crippen LogP contribution is -2.27. The van der Waals surface area contributed by atoms with E-state index in [-0.39, 0.29) is 36.6 Å². The van der Waals surface area contributed by atoms with E-state index in [1.807, 2.05) is 26.0 Å². The molecule has 1 amide bonds. The number of aromatic nitrogens is 1. The summed E-state index contributed by atoms with van der Waals surface area (Å²) in [5.74, 6) is 0.286. The molecule has 3 aromatic rings. The molecule has 0 aliphatic heterocycles. The summed E-state index contributed by atoms with van der Waals surface area (Å²) in [6.45, 7) is 4.13. The van der Waals surface area contributed by atoms with Crippen LogP contribution < -0.4 is 15.6 Å². The maximum atomic E-state index is 12.3. The summed E-state index contributed by atoms with van der Waals surface area (Å²) in [6.07, 6.45) is 0.166. The van der Waals surface area contributed by atoms with Crippen LogP contribution in [0.5, 0.6) is 5.75 Å². The Kier molecular flexibility index (Phi) is 6.12. The van der Waals surface area contributed by atoms with Crippen molar-refractivity contribution in [2.75, 3.05) is 7.11 Å². The number of benzene rings is 2. The van der Waals surface area contributed by atoms with Crippen LogP contribution in [-0.4, -0.2) is 23.8 Å². The molecule has 0 unspecified atom stereocenters. The molecule has 0 aliphatic carbocycles. The largest absolute Gasteiger partial charge is 0.497 e. The van der Waals surface area contributed by atoms with E-state index in [0.717, 1.165) is 22.0 Å². The molecule has 0 atom stereocenters. The molecule has 2 N–H and O–H groups in total. The molecule has 1 heterocycles. The van der Waals surface area contributed by atoms with E-state index in [0.29, 0.717) is 16.9 Å². The molecular formula is C23H24N2O4. The maximum absolute atomic E-state index is 12.3. The van der Waals surface area contributed by atoms with Gasteiger partial charge in [-0.15, -0.1) is 0 Å². The van der Waals surface area contributed by atoms with Gasteiger partial charge in [0.2, 0.25) is 5.91 Å². The summed E-state index contributed by atoms with van der Waals surface area (Å²) in [5, 5.41) is 3.65. The topological polar surface area (TPSA) is 88.3 Å². The molecule has 150 valence electrons. The Morgan fingerprint density at radius 1 is 1.00 bits per heavy atom. The lowest BCUT2D eigenvalue weighted by molar-refractivity contribution is -0.121. The van der Waals surface area contributed by atoms with Gasteiger partial charge in [-0.3, -0.25) is 14.4 Å². The van der Waals surface area contributed by atoms with Crippen molar-refractivity contribution in [1.29, 1.82) is 0 Å². The van der Waals surface area contributed by atoms with Gasteiger partial charge in [0.15, 0.2) is 5.78 Å². The van der Waals surface area contributed by atoms with E-state index >= 15 is 0 Å². The van der Waals surface area contributed by atoms with Crippen molar-refractivity contribution in [2.24, 2.45) is 0 Å². The molecule has 29 heavy (non-hydrogen) atoms. The van der Waals surface area contributed by atoms with Gasteiger partial charge < -0.3 is 15.0 Å². The molecule has 0 fully saturated rings. The third kappa shape index (κ3) is 4.90. The number of pyridine rings is 1. The maximum Gasteiger partial charge on any atom is 0.253 e. The Hall–Kier alpha value is -3.41. The van der Waals surface area contributed by atoms with E-state index in [4.69, 9.17) is 4.74 Å². The van der Waals surface area contributed by atoms with E-state index in [1.165, 1.54) is 0 Å². The SMILES string of the molecule is COc1ccc(C(=O)CCC(=O)NCc2cc3cc(C)c(C)cc3[nH]c2=O)cc1. The average molecular weight is 392 g/mol. The fraction of sp³-hybridized carbons (Fsp3) is 0.261. The van der Waals surface area contributed by atoms with Gasteiger partial charge in [-0.05, 0) is 72.8 Å². The van der Waals surface area contributed by atoms with Crippen LogP contribution in [0.3, 0.4) is 0 Å².